The lowest BCUT2D eigenvalue weighted by Gasteiger charge is -2.27. The van der Waals surface area contributed by atoms with Crippen LogP contribution < -0.4 is 0 Å². The third-order valence-corrected chi connectivity index (χ3v) is 4.40. The van der Waals surface area contributed by atoms with Gasteiger partial charge in [-0.05, 0) is 19.8 Å². The van der Waals surface area contributed by atoms with Crippen LogP contribution in [0.3, 0.4) is 0 Å². The Morgan fingerprint density at radius 1 is 1.26 bits per heavy atom. The molecule has 1 saturated carbocycles. The van der Waals surface area contributed by atoms with Gasteiger partial charge < -0.3 is 5.11 Å². The molecule has 2 fully saturated rings. The van der Waals surface area contributed by atoms with E-state index in [1.165, 1.54) is 4.90 Å². The second-order valence-corrected chi connectivity index (χ2v) is 5.89. The van der Waals surface area contributed by atoms with Gasteiger partial charge >= 0.3 is 5.97 Å². The van der Waals surface area contributed by atoms with Crippen molar-refractivity contribution in [3.8, 4) is 0 Å². The molecule has 1 saturated heterocycles. The Morgan fingerprint density at radius 3 is 2.37 bits per heavy atom. The van der Waals surface area contributed by atoms with E-state index in [4.69, 9.17) is 5.11 Å². The Morgan fingerprint density at radius 2 is 1.84 bits per heavy atom. The molecule has 1 spiro atoms. The molecule has 2 rings (SSSR count). The highest BCUT2D eigenvalue weighted by Crippen LogP contribution is 2.45. The fourth-order valence-electron chi connectivity index (χ4n) is 3.40. The van der Waals surface area contributed by atoms with Crippen molar-refractivity contribution in [1.82, 2.24) is 4.90 Å². The van der Waals surface area contributed by atoms with Gasteiger partial charge in [-0.15, -0.1) is 0 Å². The summed E-state index contributed by atoms with van der Waals surface area (Å²) in [7, 11) is 0. The standard InChI is InChI=1S/C14H21NO4/c1-10(8-12(17)18)15-11(16)9-14(13(15)19)6-4-2-3-5-7-14/h10H,2-9H2,1H3,(H,17,18). The van der Waals surface area contributed by atoms with Gasteiger partial charge in [0.25, 0.3) is 0 Å². The van der Waals surface area contributed by atoms with E-state index in [0.29, 0.717) is 0 Å². The topological polar surface area (TPSA) is 74.7 Å². The summed E-state index contributed by atoms with van der Waals surface area (Å²) in [4.78, 5) is 36.6. The fraction of sp³-hybridized carbons (Fsp3) is 0.786. The molecule has 5 heteroatoms. The zero-order valence-corrected chi connectivity index (χ0v) is 11.4. The maximum atomic E-state index is 12.6. The second-order valence-electron chi connectivity index (χ2n) is 5.89. The van der Waals surface area contributed by atoms with Crippen molar-refractivity contribution in [3.63, 3.8) is 0 Å². The SMILES string of the molecule is CC(CC(=O)O)N1C(=O)CC2(CCCCCC2)C1=O. The number of aliphatic carboxylic acids is 1. The number of amides is 2. The molecule has 1 aliphatic carbocycles. The highest BCUT2D eigenvalue weighted by atomic mass is 16.4. The van der Waals surface area contributed by atoms with Gasteiger partial charge in [0.05, 0.1) is 11.8 Å². The molecule has 1 aliphatic heterocycles. The van der Waals surface area contributed by atoms with Crippen molar-refractivity contribution in [1.29, 1.82) is 0 Å². The van der Waals surface area contributed by atoms with Crippen LogP contribution in [0.1, 0.15) is 58.3 Å². The van der Waals surface area contributed by atoms with Gasteiger partial charge in [0.1, 0.15) is 0 Å². The molecule has 0 aromatic rings. The van der Waals surface area contributed by atoms with E-state index < -0.39 is 17.4 Å². The summed E-state index contributed by atoms with van der Waals surface area (Å²) in [5.41, 5.74) is -0.527. The number of carbonyl (C=O) groups is 3. The molecule has 2 amide bonds. The van der Waals surface area contributed by atoms with Crippen molar-refractivity contribution in [2.24, 2.45) is 5.41 Å². The average Bonchev–Trinajstić information content (AvgIpc) is 2.49. The predicted octanol–water partition coefficient (Wildman–Crippen LogP) is 1.95. The smallest absolute Gasteiger partial charge is 0.305 e. The lowest BCUT2D eigenvalue weighted by Crippen LogP contribution is -2.42. The molecule has 0 aromatic heterocycles. The minimum absolute atomic E-state index is 0.131. The zero-order valence-electron chi connectivity index (χ0n) is 11.4. The molecule has 2 aliphatic rings. The maximum absolute atomic E-state index is 12.6. The van der Waals surface area contributed by atoms with Gasteiger partial charge in [0, 0.05) is 12.5 Å². The van der Waals surface area contributed by atoms with Crippen molar-refractivity contribution in [3.05, 3.63) is 0 Å². The maximum Gasteiger partial charge on any atom is 0.305 e. The second kappa shape index (κ2) is 5.31. The summed E-state index contributed by atoms with van der Waals surface area (Å²) in [5.74, 6) is -1.30. The van der Waals surface area contributed by atoms with E-state index in [-0.39, 0.29) is 24.7 Å². The first-order valence-electron chi connectivity index (χ1n) is 7.04. The zero-order chi connectivity index (χ0) is 14.0. The van der Waals surface area contributed by atoms with Crippen LogP contribution in [0.5, 0.6) is 0 Å². The lowest BCUT2D eigenvalue weighted by atomic mass is 9.79. The van der Waals surface area contributed by atoms with Gasteiger partial charge in [-0.25, -0.2) is 0 Å². The van der Waals surface area contributed by atoms with Crippen LogP contribution in [0.4, 0.5) is 0 Å². The predicted molar refractivity (Wildman–Crippen MR) is 68.3 cm³/mol. The molecule has 1 unspecified atom stereocenters. The molecular formula is C14H21NO4. The Hall–Kier alpha value is -1.39. The summed E-state index contributed by atoms with van der Waals surface area (Å²) in [6.45, 7) is 1.64. The van der Waals surface area contributed by atoms with Gasteiger partial charge in [-0.3, -0.25) is 19.3 Å². The molecule has 0 radical (unpaired) electrons. The Kier molecular flexibility index (Phi) is 3.92. The number of likely N-dealkylation sites (tertiary alicyclic amines) is 1. The van der Waals surface area contributed by atoms with Gasteiger partial charge in [0.2, 0.25) is 11.8 Å². The number of nitrogens with zero attached hydrogens (tertiary/aromatic N) is 1. The van der Waals surface area contributed by atoms with Gasteiger partial charge in [0.15, 0.2) is 0 Å². The van der Waals surface area contributed by atoms with Gasteiger partial charge in [-0.1, -0.05) is 25.7 Å². The Labute approximate surface area is 113 Å². The average molecular weight is 267 g/mol. The van der Waals surface area contributed by atoms with Crippen molar-refractivity contribution < 1.29 is 19.5 Å². The van der Waals surface area contributed by atoms with Crippen LogP contribution in [-0.2, 0) is 14.4 Å². The molecular weight excluding hydrogens is 246 g/mol. The van der Waals surface area contributed by atoms with Crippen LogP contribution in [0.15, 0.2) is 0 Å². The number of hydrogen-bond donors (Lipinski definition) is 1. The normalized spacial score (nSPS) is 24.6. The molecule has 1 N–H and O–H groups in total. The first kappa shape index (κ1) is 14.0. The first-order valence-corrected chi connectivity index (χ1v) is 7.04. The van der Waals surface area contributed by atoms with Crippen LogP contribution >= 0.6 is 0 Å². The molecule has 19 heavy (non-hydrogen) atoms. The first-order chi connectivity index (χ1) is 8.96. The summed E-state index contributed by atoms with van der Waals surface area (Å²) in [5, 5.41) is 8.81. The molecule has 5 nitrogen and oxygen atoms in total. The quantitative estimate of drug-likeness (QED) is 0.793. The highest BCUT2D eigenvalue weighted by Gasteiger charge is 2.52. The van der Waals surface area contributed by atoms with E-state index in [0.717, 1.165) is 38.5 Å². The number of carboxylic acids is 1. The number of hydrogen-bond acceptors (Lipinski definition) is 3. The number of carboxylic acid groups (broad SMARTS) is 1. The van der Waals surface area contributed by atoms with Crippen molar-refractivity contribution >= 4 is 17.8 Å². The third kappa shape index (κ3) is 2.65. The van der Waals surface area contributed by atoms with E-state index >= 15 is 0 Å². The number of rotatable bonds is 3. The molecule has 0 bridgehead atoms. The van der Waals surface area contributed by atoms with Crippen LogP contribution in [0.25, 0.3) is 0 Å². The molecule has 1 atom stereocenters. The Balaban J connectivity index is 2.17. The fourth-order valence-corrected chi connectivity index (χ4v) is 3.40. The highest BCUT2D eigenvalue weighted by molar-refractivity contribution is 6.06. The minimum atomic E-state index is -0.977. The summed E-state index contributed by atoms with van der Waals surface area (Å²) >= 11 is 0. The van der Waals surface area contributed by atoms with Crippen LogP contribution in [0, 0.1) is 5.41 Å². The van der Waals surface area contributed by atoms with Gasteiger partial charge in [-0.2, -0.15) is 0 Å². The molecule has 106 valence electrons. The van der Waals surface area contributed by atoms with E-state index in [1.54, 1.807) is 6.92 Å². The molecule has 1 heterocycles. The summed E-state index contributed by atoms with van der Waals surface area (Å²) in [6.07, 6.45) is 5.85. The van der Waals surface area contributed by atoms with Crippen LogP contribution in [0.2, 0.25) is 0 Å². The van der Waals surface area contributed by atoms with Crippen molar-refractivity contribution in [2.45, 2.75) is 64.3 Å². The van der Waals surface area contributed by atoms with E-state index in [2.05, 4.69) is 0 Å². The van der Waals surface area contributed by atoms with E-state index in [9.17, 15) is 14.4 Å². The Bertz CT molecular complexity index is 396. The van der Waals surface area contributed by atoms with E-state index in [1.807, 2.05) is 0 Å². The number of imide groups is 1. The third-order valence-electron chi connectivity index (χ3n) is 4.40. The monoisotopic (exact) mass is 267 g/mol. The summed E-state index contributed by atoms with van der Waals surface area (Å²) in [6, 6.07) is -0.542. The minimum Gasteiger partial charge on any atom is -0.481 e. The van der Waals surface area contributed by atoms with Crippen LogP contribution in [-0.4, -0.2) is 33.8 Å². The molecule has 0 aromatic carbocycles. The summed E-state index contributed by atoms with van der Waals surface area (Å²) < 4.78 is 0. The largest absolute Gasteiger partial charge is 0.481 e. The lowest BCUT2D eigenvalue weighted by molar-refractivity contribution is -0.146. The number of carbonyl (C=O) groups excluding carboxylic acids is 2. The van der Waals surface area contributed by atoms with Crippen molar-refractivity contribution in [2.75, 3.05) is 0 Å².